The molecule has 0 spiro atoms. The lowest BCUT2D eigenvalue weighted by molar-refractivity contribution is 0.414. The van der Waals surface area contributed by atoms with Crippen molar-refractivity contribution in [3.63, 3.8) is 0 Å². The van der Waals surface area contributed by atoms with E-state index in [9.17, 15) is 0 Å². The molecule has 0 atom stereocenters. The monoisotopic (exact) mass is 384 g/mol. The number of hydrogen-bond donors (Lipinski definition) is 2. The molecule has 1 aromatic heterocycles. The molecule has 6 nitrogen and oxygen atoms in total. The average Bonchev–Trinajstić information content (AvgIpc) is 2.69. The van der Waals surface area contributed by atoms with Gasteiger partial charge in [0, 0.05) is 18.4 Å². The summed E-state index contributed by atoms with van der Waals surface area (Å²) >= 11 is 6.15. The van der Waals surface area contributed by atoms with Gasteiger partial charge in [0.1, 0.15) is 17.3 Å². The van der Waals surface area contributed by atoms with Crippen LogP contribution >= 0.6 is 11.6 Å². The Bertz CT molecular complexity index is 887. The van der Waals surface area contributed by atoms with Crippen LogP contribution in [0, 0.1) is 0 Å². The quantitative estimate of drug-likeness (QED) is 0.594. The molecule has 0 aliphatic rings. The van der Waals surface area contributed by atoms with E-state index in [1.54, 1.807) is 38.6 Å². The SMILES string of the molecule is COc1ccc(CCNc2nccc(Nc3ccc(OC)c(Cl)c3)n2)cc1. The number of ether oxygens (including phenoxy) is 2. The molecule has 0 unspecified atom stereocenters. The van der Waals surface area contributed by atoms with E-state index in [4.69, 9.17) is 21.1 Å². The van der Waals surface area contributed by atoms with Gasteiger partial charge in [0.25, 0.3) is 0 Å². The highest BCUT2D eigenvalue weighted by molar-refractivity contribution is 6.32. The van der Waals surface area contributed by atoms with Gasteiger partial charge in [0.2, 0.25) is 5.95 Å². The zero-order valence-electron chi connectivity index (χ0n) is 15.2. The van der Waals surface area contributed by atoms with Crippen LogP contribution < -0.4 is 20.1 Å². The van der Waals surface area contributed by atoms with Crippen molar-refractivity contribution in [1.29, 1.82) is 0 Å². The fourth-order valence-electron chi connectivity index (χ4n) is 2.52. The summed E-state index contributed by atoms with van der Waals surface area (Å²) in [7, 11) is 3.25. The second-order valence-corrected chi connectivity index (χ2v) is 6.17. The molecule has 0 saturated carbocycles. The summed E-state index contributed by atoms with van der Waals surface area (Å²) in [4.78, 5) is 8.73. The van der Waals surface area contributed by atoms with Crippen molar-refractivity contribution in [2.75, 3.05) is 31.4 Å². The molecule has 3 aromatic rings. The van der Waals surface area contributed by atoms with E-state index in [0.717, 1.165) is 24.4 Å². The molecule has 7 heteroatoms. The fourth-order valence-corrected chi connectivity index (χ4v) is 2.77. The zero-order valence-corrected chi connectivity index (χ0v) is 16.0. The minimum Gasteiger partial charge on any atom is -0.497 e. The second kappa shape index (κ2) is 9.09. The summed E-state index contributed by atoms with van der Waals surface area (Å²) in [6.45, 7) is 0.726. The van der Waals surface area contributed by atoms with Crippen molar-refractivity contribution in [2.45, 2.75) is 6.42 Å². The molecule has 0 radical (unpaired) electrons. The van der Waals surface area contributed by atoms with Gasteiger partial charge < -0.3 is 20.1 Å². The Labute approximate surface area is 163 Å². The van der Waals surface area contributed by atoms with Crippen molar-refractivity contribution in [1.82, 2.24) is 9.97 Å². The van der Waals surface area contributed by atoms with Gasteiger partial charge in [-0.25, -0.2) is 4.98 Å². The number of benzene rings is 2. The number of halogens is 1. The Hall–Kier alpha value is -2.99. The maximum Gasteiger partial charge on any atom is 0.224 e. The fraction of sp³-hybridized carbons (Fsp3) is 0.200. The van der Waals surface area contributed by atoms with Crippen LogP contribution in [0.2, 0.25) is 5.02 Å². The minimum atomic E-state index is 0.536. The molecule has 0 amide bonds. The van der Waals surface area contributed by atoms with E-state index < -0.39 is 0 Å². The first-order valence-electron chi connectivity index (χ1n) is 8.48. The van der Waals surface area contributed by atoms with Crippen LogP contribution in [0.1, 0.15) is 5.56 Å². The van der Waals surface area contributed by atoms with Crippen LogP contribution in [0.4, 0.5) is 17.5 Å². The van der Waals surface area contributed by atoms with Crippen LogP contribution in [-0.4, -0.2) is 30.7 Å². The van der Waals surface area contributed by atoms with Crippen molar-refractivity contribution in [2.24, 2.45) is 0 Å². The Morgan fingerprint density at radius 1 is 1.00 bits per heavy atom. The summed E-state index contributed by atoms with van der Waals surface area (Å²) in [5, 5.41) is 6.99. The van der Waals surface area contributed by atoms with Gasteiger partial charge in [-0.15, -0.1) is 0 Å². The van der Waals surface area contributed by atoms with Crippen molar-refractivity contribution in [3.05, 3.63) is 65.3 Å². The molecular weight excluding hydrogens is 364 g/mol. The van der Waals surface area contributed by atoms with E-state index in [2.05, 4.69) is 20.6 Å². The van der Waals surface area contributed by atoms with Crippen LogP contribution in [-0.2, 0) is 6.42 Å². The molecule has 3 rings (SSSR count). The molecule has 0 bridgehead atoms. The normalized spacial score (nSPS) is 10.3. The Balaban J connectivity index is 1.57. The van der Waals surface area contributed by atoms with E-state index in [-0.39, 0.29) is 0 Å². The van der Waals surface area contributed by atoms with E-state index in [1.165, 1.54) is 5.56 Å². The standard InChI is InChI=1S/C20H21ClN4O2/c1-26-16-6-3-14(4-7-16)9-11-22-20-23-12-10-19(25-20)24-15-5-8-18(27-2)17(21)13-15/h3-8,10,12-13H,9,11H2,1-2H3,(H2,22,23,24,25). The Kier molecular flexibility index (Phi) is 6.33. The third kappa shape index (κ3) is 5.24. The summed E-state index contributed by atoms with van der Waals surface area (Å²) < 4.78 is 10.3. The maximum absolute atomic E-state index is 6.15. The number of methoxy groups -OCH3 is 2. The Morgan fingerprint density at radius 2 is 1.81 bits per heavy atom. The van der Waals surface area contributed by atoms with Crippen LogP contribution in [0.15, 0.2) is 54.7 Å². The minimum absolute atomic E-state index is 0.536. The van der Waals surface area contributed by atoms with E-state index >= 15 is 0 Å². The average molecular weight is 385 g/mol. The molecule has 0 saturated heterocycles. The number of anilines is 3. The molecular formula is C20H21ClN4O2. The molecule has 0 fully saturated rings. The number of rotatable bonds is 8. The van der Waals surface area contributed by atoms with E-state index in [1.807, 2.05) is 30.3 Å². The summed E-state index contributed by atoms with van der Waals surface area (Å²) in [6.07, 6.45) is 2.56. The third-order valence-electron chi connectivity index (χ3n) is 3.94. The topological polar surface area (TPSA) is 68.3 Å². The lowest BCUT2D eigenvalue weighted by Crippen LogP contribution is -2.08. The largest absolute Gasteiger partial charge is 0.497 e. The summed E-state index contributed by atoms with van der Waals surface area (Å²) in [5.41, 5.74) is 2.04. The van der Waals surface area contributed by atoms with Crippen LogP contribution in [0.25, 0.3) is 0 Å². The highest BCUT2D eigenvalue weighted by Crippen LogP contribution is 2.28. The van der Waals surface area contributed by atoms with Gasteiger partial charge in [-0.3, -0.25) is 0 Å². The molecule has 2 aromatic carbocycles. The smallest absolute Gasteiger partial charge is 0.224 e. The number of nitrogens with one attached hydrogen (secondary N) is 2. The van der Waals surface area contributed by atoms with E-state index in [0.29, 0.717) is 22.5 Å². The first-order chi connectivity index (χ1) is 13.2. The number of aromatic nitrogens is 2. The highest BCUT2D eigenvalue weighted by Gasteiger charge is 2.04. The predicted molar refractivity (Wildman–Crippen MR) is 109 cm³/mol. The van der Waals surface area contributed by atoms with Crippen molar-refractivity contribution < 1.29 is 9.47 Å². The van der Waals surface area contributed by atoms with Gasteiger partial charge in [-0.05, 0) is 48.4 Å². The molecule has 140 valence electrons. The first kappa shape index (κ1) is 18.8. The number of hydrogen-bond acceptors (Lipinski definition) is 6. The molecule has 27 heavy (non-hydrogen) atoms. The molecule has 0 aliphatic carbocycles. The van der Waals surface area contributed by atoms with Gasteiger partial charge >= 0.3 is 0 Å². The zero-order chi connectivity index (χ0) is 19.1. The van der Waals surface area contributed by atoms with Crippen LogP contribution in [0.5, 0.6) is 11.5 Å². The molecule has 2 N–H and O–H groups in total. The van der Waals surface area contributed by atoms with Gasteiger partial charge in [-0.2, -0.15) is 4.98 Å². The van der Waals surface area contributed by atoms with Gasteiger partial charge in [0.05, 0.1) is 19.2 Å². The lowest BCUT2D eigenvalue weighted by Gasteiger charge is -2.10. The second-order valence-electron chi connectivity index (χ2n) is 5.76. The van der Waals surface area contributed by atoms with Crippen molar-refractivity contribution >= 4 is 29.1 Å². The Morgan fingerprint density at radius 3 is 2.52 bits per heavy atom. The predicted octanol–water partition coefficient (Wildman–Crippen LogP) is 4.55. The summed E-state index contributed by atoms with van der Waals surface area (Å²) in [5.74, 6) is 2.73. The van der Waals surface area contributed by atoms with Crippen molar-refractivity contribution in [3.8, 4) is 11.5 Å². The lowest BCUT2D eigenvalue weighted by atomic mass is 10.1. The maximum atomic E-state index is 6.15. The van der Waals surface area contributed by atoms with Gasteiger partial charge in [-0.1, -0.05) is 23.7 Å². The first-order valence-corrected chi connectivity index (χ1v) is 8.86. The summed E-state index contributed by atoms with van der Waals surface area (Å²) in [6, 6.07) is 15.3. The highest BCUT2D eigenvalue weighted by atomic mass is 35.5. The third-order valence-corrected chi connectivity index (χ3v) is 4.23. The van der Waals surface area contributed by atoms with Crippen LogP contribution in [0.3, 0.4) is 0 Å². The molecule has 0 aliphatic heterocycles. The molecule has 1 heterocycles. The number of nitrogens with zero attached hydrogens (tertiary/aromatic N) is 2. The van der Waals surface area contributed by atoms with Gasteiger partial charge in [0.15, 0.2) is 0 Å².